The zero-order chi connectivity index (χ0) is 35.9. The van der Waals surface area contributed by atoms with Gasteiger partial charge in [-0.3, -0.25) is 0 Å². The van der Waals surface area contributed by atoms with Gasteiger partial charge in [0.25, 0.3) is 0 Å². The predicted octanol–water partition coefficient (Wildman–Crippen LogP) is 17.4. The van der Waals surface area contributed by atoms with Gasteiger partial charge in [-0.05, 0) is 48.7 Å². The fraction of sp³-hybridized carbons (Fsp3) is 0.850. The van der Waals surface area contributed by atoms with E-state index in [0.717, 1.165) is 0 Å². The summed E-state index contributed by atoms with van der Waals surface area (Å²) in [5.41, 5.74) is 0. The molecule has 0 amide bonds. The molecule has 3 rings (SSSR count). The second-order valence-electron chi connectivity index (χ2n) is 13.3. The normalized spacial score (nSPS) is 19.4. The van der Waals surface area contributed by atoms with E-state index in [2.05, 4.69) is 143 Å². The second-order valence-corrected chi connectivity index (χ2v) is 26.9. The topological polar surface area (TPSA) is 0 Å². The summed E-state index contributed by atoms with van der Waals surface area (Å²) < 4.78 is 6.47. The van der Waals surface area contributed by atoms with E-state index in [-0.39, 0.29) is 0 Å². The van der Waals surface area contributed by atoms with Crippen LogP contribution in [0, 0.1) is 0 Å². The highest BCUT2D eigenvalue weighted by atomic mass is 32.3. The SMILES string of the molecule is CCCCCCCCCCCSC1=C(SCCCCCCCCCCC)SC(=C2SC3=C(CCSCCSCCSCCSCCSCC3)S2)S1. The van der Waals surface area contributed by atoms with Crippen molar-refractivity contribution in [3.05, 3.63) is 26.8 Å². The van der Waals surface area contributed by atoms with Crippen LogP contribution in [0.25, 0.3) is 0 Å². The Bertz CT molecular complexity index is 894. The minimum atomic E-state index is 1.26. The van der Waals surface area contributed by atoms with Crippen LogP contribution in [0.1, 0.15) is 142 Å². The third-order valence-electron chi connectivity index (χ3n) is 8.84. The fourth-order valence-corrected chi connectivity index (χ4v) is 20.7. The fourth-order valence-electron chi connectivity index (χ4n) is 5.82. The minimum Gasteiger partial charge on any atom is -0.161 e. The van der Waals surface area contributed by atoms with Gasteiger partial charge < -0.3 is 0 Å². The second kappa shape index (κ2) is 35.1. The highest BCUT2D eigenvalue weighted by Crippen LogP contribution is 2.64. The lowest BCUT2D eigenvalue weighted by Gasteiger charge is -2.06. The summed E-state index contributed by atoms with van der Waals surface area (Å²) in [5, 5.41) is 0. The number of allylic oxidation sites excluding steroid dienone is 2. The number of rotatable bonds is 22. The molecule has 3 aliphatic heterocycles. The van der Waals surface area contributed by atoms with Crippen LogP contribution in [0.3, 0.4) is 0 Å². The first-order valence-corrected chi connectivity index (χ1v) is 31.4. The van der Waals surface area contributed by atoms with Gasteiger partial charge >= 0.3 is 0 Å². The maximum absolute atomic E-state index is 2.32. The molecule has 0 fully saturated rings. The van der Waals surface area contributed by atoms with E-state index in [1.165, 1.54) is 197 Å². The molecule has 51 heavy (non-hydrogen) atoms. The van der Waals surface area contributed by atoms with Crippen LogP contribution in [0.2, 0.25) is 0 Å². The molecule has 0 spiro atoms. The van der Waals surface area contributed by atoms with Crippen LogP contribution in [0.5, 0.6) is 0 Å². The molecule has 0 N–H and O–H groups in total. The first kappa shape index (κ1) is 48.4. The van der Waals surface area contributed by atoms with Crippen LogP contribution in [0.15, 0.2) is 26.8 Å². The molecule has 0 aliphatic carbocycles. The van der Waals surface area contributed by atoms with Crippen molar-refractivity contribution in [2.75, 3.05) is 69.0 Å². The molecule has 0 aromatic carbocycles. The van der Waals surface area contributed by atoms with Crippen molar-refractivity contribution >= 4 is 129 Å². The number of hydrogen-bond acceptors (Lipinski definition) is 11. The Hall–Kier alpha value is 3.07. The Kier molecular flexibility index (Phi) is 33.3. The predicted molar refractivity (Wildman–Crippen MR) is 267 cm³/mol. The molecule has 0 aromatic rings. The summed E-state index contributed by atoms with van der Waals surface area (Å²) in [6.45, 7) is 4.64. The van der Waals surface area contributed by atoms with Gasteiger partial charge in [0, 0.05) is 55.8 Å². The standard InChI is InChI=1S/C40H70S11/c1-3-5-7-9-11-13-15-17-19-23-46-37-38(47-24-20-18-16-14-12-10-8-6-4-2)51-40(50-37)39-48-35-21-25-41-27-29-43-31-33-45-34-32-44-30-28-42-26-22-36(35)49-39/h3-34H2,1-2H3. The van der Waals surface area contributed by atoms with Crippen LogP contribution in [-0.4, -0.2) is 69.0 Å². The van der Waals surface area contributed by atoms with E-state index < -0.39 is 0 Å². The summed E-state index contributed by atoms with van der Waals surface area (Å²) in [5.74, 6) is 15.7. The van der Waals surface area contributed by atoms with Gasteiger partial charge in [-0.15, -0.1) is 23.5 Å². The van der Waals surface area contributed by atoms with Gasteiger partial charge in [-0.2, -0.15) is 58.8 Å². The first-order valence-electron chi connectivity index (χ1n) is 20.4. The van der Waals surface area contributed by atoms with E-state index in [4.69, 9.17) is 0 Å². The molecule has 0 atom stereocenters. The van der Waals surface area contributed by atoms with Gasteiger partial charge in [-0.25, -0.2) is 0 Å². The van der Waals surface area contributed by atoms with Crippen LogP contribution < -0.4 is 0 Å². The minimum absolute atomic E-state index is 1.26. The highest BCUT2D eigenvalue weighted by Gasteiger charge is 2.30. The van der Waals surface area contributed by atoms with Crippen LogP contribution >= 0.6 is 129 Å². The number of hydrogen-bond donors (Lipinski definition) is 0. The molecule has 296 valence electrons. The Labute approximate surface area is 363 Å². The molecule has 0 bridgehead atoms. The third-order valence-corrected chi connectivity index (χ3v) is 23.8. The summed E-state index contributed by atoms with van der Waals surface area (Å²) >= 11 is 23.9. The molecule has 3 heterocycles. The van der Waals surface area contributed by atoms with Crippen molar-refractivity contribution in [1.82, 2.24) is 0 Å². The largest absolute Gasteiger partial charge is 0.161 e. The molecule has 0 saturated heterocycles. The van der Waals surface area contributed by atoms with Gasteiger partial charge in [0.05, 0.1) is 16.9 Å². The van der Waals surface area contributed by atoms with E-state index in [0.29, 0.717) is 0 Å². The zero-order valence-electron chi connectivity index (χ0n) is 32.1. The molecule has 0 radical (unpaired) electrons. The lowest BCUT2D eigenvalue weighted by Crippen LogP contribution is -1.94. The highest BCUT2D eigenvalue weighted by molar-refractivity contribution is 8.42. The van der Waals surface area contributed by atoms with Gasteiger partial charge in [0.1, 0.15) is 0 Å². The lowest BCUT2D eigenvalue weighted by atomic mass is 10.1. The first-order chi connectivity index (χ1) is 25.3. The molecule has 3 aliphatic rings. The molecule has 0 aromatic heterocycles. The molecule has 0 unspecified atom stereocenters. The van der Waals surface area contributed by atoms with Crippen molar-refractivity contribution in [2.45, 2.75) is 142 Å². The van der Waals surface area contributed by atoms with Gasteiger partial charge in [-0.1, -0.05) is 164 Å². The maximum Gasteiger partial charge on any atom is 0.0717 e. The van der Waals surface area contributed by atoms with E-state index in [1.54, 1.807) is 26.8 Å². The molecule has 11 heteroatoms. The van der Waals surface area contributed by atoms with Crippen molar-refractivity contribution in [3.8, 4) is 0 Å². The zero-order valence-corrected chi connectivity index (χ0v) is 41.1. The van der Waals surface area contributed by atoms with Crippen LogP contribution in [-0.2, 0) is 0 Å². The third kappa shape index (κ3) is 24.6. The maximum atomic E-state index is 2.32. The summed E-state index contributed by atoms with van der Waals surface area (Å²) in [6, 6.07) is 0. The van der Waals surface area contributed by atoms with Crippen molar-refractivity contribution in [2.24, 2.45) is 0 Å². The quantitative estimate of drug-likeness (QED) is 0.0954. The van der Waals surface area contributed by atoms with Gasteiger partial charge in [0.2, 0.25) is 0 Å². The molecule has 0 saturated carbocycles. The van der Waals surface area contributed by atoms with E-state index in [1.807, 2.05) is 0 Å². The Balaban J connectivity index is 1.50. The Morgan fingerprint density at radius 1 is 0.353 bits per heavy atom. The molecular weight excluding hydrogens is 833 g/mol. The average molecular weight is 904 g/mol. The summed E-state index contributed by atoms with van der Waals surface area (Å²) in [7, 11) is 0. The summed E-state index contributed by atoms with van der Waals surface area (Å²) in [6.07, 6.45) is 28.1. The van der Waals surface area contributed by atoms with E-state index in [9.17, 15) is 0 Å². The molecular formula is C40H70S11. The lowest BCUT2D eigenvalue weighted by molar-refractivity contribution is 0.573. The van der Waals surface area contributed by atoms with Crippen molar-refractivity contribution < 1.29 is 0 Å². The van der Waals surface area contributed by atoms with E-state index >= 15 is 0 Å². The number of unbranched alkanes of at least 4 members (excludes halogenated alkanes) is 16. The van der Waals surface area contributed by atoms with Crippen molar-refractivity contribution in [3.63, 3.8) is 0 Å². The Morgan fingerprint density at radius 2 is 0.647 bits per heavy atom. The average Bonchev–Trinajstić information content (AvgIpc) is 3.74. The van der Waals surface area contributed by atoms with Crippen LogP contribution in [0.4, 0.5) is 0 Å². The van der Waals surface area contributed by atoms with Gasteiger partial charge in [0.15, 0.2) is 0 Å². The number of thioether (sulfide) groups is 11. The monoisotopic (exact) mass is 902 g/mol. The molecule has 0 nitrogen and oxygen atoms in total. The smallest absolute Gasteiger partial charge is 0.0717 e. The summed E-state index contributed by atoms with van der Waals surface area (Å²) in [4.78, 5) is 3.40. The Morgan fingerprint density at radius 3 is 1.00 bits per heavy atom. The van der Waals surface area contributed by atoms with Crippen molar-refractivity contribution in [1.29, 1.82) is 0 Å².